The van der Waals surface area contributed by atoms with Crippen LogP contribution in [0.3, 0.4) is 0 Å². The third-order valence-corrected chi connectivity index (χ3v) is 2.62. The molecule has 4 nitrogen and oxygen atoms in total. The molecule has 0 bridgehead atoms. The Labute approximate surface area is 105 Å². The molecule has 0 aromatic rings. The molecule has 1 aliphatic carbocycles. The summed E-state index contributed by atoms with van der Waals surface area (Å²) >= 11 is 0. The summed E-state index contributed by atoms with van der Waals surface area (Å²) in [6, 6.07) is -0.809. The van der Waals surface area contributed by atoms with Crippen molar-refractivity contribution in [3.05, 3.63) is 0 Å². The largest absolute Gasteiger partial charge is 0.444 e. The highest BCUT2D eigenvalue weighted by atomic mass is 19.3. The van der Waals surface area contributed by atoms with E-state index in [1.54, 1.807) is 20.8 Å². The van der Waals surface area contributed by atoms with Crippen molar-refractivity contribution in [1.29, 1.82) is 0 Å². The molecule has 1 unspecified atom stereocenters. The van der Waals surface area contributed by atoms with Crippen molar-refractivity contribution >= 4 is 11.9 Å². The number of ether oxygens (including phenoxy) is 1. The Kier molecular flexibility index (Phi) is 3.98. The zero-order valence-electron chi connectivity index (χ0n) is 11.0. The van der Waals surface area contributed by atoms with Gasteiger partial charge in [-0.2, -0.15) is 0 Å². The highest BCUT2D eigenvalue weighted by Gasteiger charge is 2.57. The molecule has 0 aliphatic heterocycles. The van der Waals surface area contributed by atoms with Crippen molar-refractivity contribution in [2.45, 2.75) is 58.1 Å². The second kappa shape index (κ2) is 4.82. The first kappa shape index (κ1) is 14.9. The number of halogens is 2. The summed E-state index contributed by atoms with van der Waals surface area (Å²) in [6.07, 6.45) is -1.16. The van der Waals surface area contributed by atoms with Gasteiger partial charge < -0.3 is 10.1 Å². The number of alkyl halides is 2. The van der Waals surface area contributed by atoms with Crippen LogP contribution in [0.1, 0.15) is 40.5 Å². The zero-order chi connectivity index (χ0) is 14.1. The number of carbonyl (C=O) groups excluding carboxylic acids is 2. The fourth-order valence-electron chi connectivity index (χ4n) is 1.48. The van der Waals surface area contributed by atoms with E-state index in [1.165, 1.54) is 6.92 Å². The summed E-state index contributed by atoms with van der Waals surface area (Å²) in [5.41, 5.74) is -0.656. The Morgan fingerprint density at radius 1 is 1.44 bits per heavy atom. The molecule has 2 atom stereocenters. The van der Waals surface area contributed by atoms with Gasteiger partial charge in [-0.1, -0.05) is 0 Å². The minimum atomic E-state index is -2.71. The van der Waals surface area contributed by atoms with Crippen LogP contribution in [0.2, 0.25) is 0 Å². The number of Topliss-reactive ketones (excluding diaryl/α,β-unsaturated/α-hetero) is 1. The lowest BCUT2D eigenvalue weighted by Gasteiger charge is -2.21. The number of ketones is 1. The Hall–Kier alpha value is -1.20. The quantitative estimate of drug-likeness (QED) is 0.848. The molecule has 1 aliphatic rings. The molecule has 0 aromatic heterocycles. The van der Waals surface area contributed by atoms with E-state index >= 15 is 0 Å². The van der Waals surface area contributed by atoms with Crippen LogP contribution >= 0.6 is 0 Å². The molecule has 104 valence electrons. The first-order valence-electron chi connectivity index (χ1n) is 5.91. The third-order valence-electron chi connectivity index (χ3n) is 2.62. The molecule has 1 fully saturated rings. The van der Waals surface area contributed by atoms with E-state index < -0.39 is 35.4 Å². The van der Waals surface area contributed by atoms with Crippen molar-refractivity contribution in [1.82, 2.24) is 5.32 Å². The van der Waals surface area contributed by atoms with Gasteiger partial charge in [-0.3, -0.25) is 4.79 Å². The fraction of sp³-hybridized carbons (Fsp3) is 0.833. The molecule has 0 spiro atoms. The van der Waals surface area contributed by atoms with Crippen LogP contribution < -0.4 is 5.32 Å². The second-order valence-electron chi connectivity index (χ2n) is 5.70. The average Bonchev–Trinajstić information content (AvgIpc) is 2.69. The van der Waals surface area contributed by atoms with Crippen LogP contribution in [0.4, 0.5) is 13.6 Å². The molecule has 0 radical (unpaired) electrons. The van der Waals surface area contributed by atoms with Gasteiger partial charge in [-0.25, -0.2) is 13.6 Å². The van der Waals surface area contributed by atoms with Crippen LogP contribution in [-0.2, 0) is 9.53 Å². The normalized spacial score (nSPS) is 23.1. The van der Waals surface area contributed by atoms with E-state index in [0.717, 1.165) is 0 Å². The van der Waals surface area contributed by atoms with E-state index in [4.69, 9.17) is 4.74 Å². The lowest BCUT2D eigenvalue weighted by molar-refractivity contribution is -0.121. The van der Waals surface area contributed by atoms with Crippen LogP contribution in [0.25, 0.3) is 0 Å². The summed E-state index contributed by atoms with van der Waals surface area (Å²) in [6.45, 7) is 6.56. The lowest BCUT2D eigenvalue weighted by Crippen LogP contribution is -2.41. The SMILES string of the molecule is C[C@H](NC(=O)OC(C)(C)C)C(=O)CC1CC1(F)F. The van der Waals surface area contributed by atoms with Gasteiger partial charge in [-0.05, 0) is 27.7 Å². The Morgan fingerprint density at radius 2 is 1.94 bits per heavy atom. The number of rotatable bonds is 4. The summed E-state index contributed by atoms with van der Waals surface area (Å²) < 4.78 is 30.3. The van der Waals surface area contributed by atoms with Gasteiger partial charge >= 0.3 is 6.09 Å². The number of carbonyl (C=O) groups is 2. The van der Waals surface area contributed by atoms with Gasteiger partial charge in [0, 0.05) is 18.8 Å². The minimum Gasteiger partial charge on any atom is -0.444 e. The summed E-state index contributed by atoms with van der Waals surface area (Å²) in [7, 11) is 0. The summed E-state index contributed by atoms with van der Waals surface area (Å²) in [4.78, 5) is 22.9. The third kappa shape index (κ3) is 4.58. The van der Waals surface area contributed by atoms with E-state index in [-0.39, 0.29) is 12.8 Å². The number of alkyl carbamates (subject to hydrolysis) is 1. The number of hydrogen-bond donors (Lipinski definition) is 1. The fourth-order valence-corrected chi connectivity index (χ4v) is 1.48. The minimum absolute atomic E-state index is 0.204. The zero-order valence-corrected chi connectivity index (χ0v) is 11.0. The van der Waals surface area contributed by atoms with Crippen LogP contribution in [0.15, 0.2) is 0 Å². The first-order chi connectivity index (χ1) is 8.01. The van der Waals surface area contributed by atoms with E-state index in [0.29, 0.717) is 0 Å². The maximum Gasteiger partial charge on any atom is 0.408 e. The molecule has 0 heterocycles. The molecular formula is C12H19F2NO3. The lowest BCUT2D eigenvalue weighted by atomic mass is 10.1. The maximum atomic E-state index is 12.6. The number of nitrogens with one attached hydrogen (secondary N) is 1. The van der Waals surface area contributed by atoms with Crippen molar-refractivity contribution in [3.8, 4) is 0 Å². The number of hydrogen-bond acceptors (Lipinski definition) is 3. The van der Waals surface area contributed by atoms with E-state index in [2.05, 4.69) is 5.32 Å². The average molecular weight is 263 g/mol. The molecule has 1 rings (SSSR count). The topological polar surface area (TPSA) is 55.4 Å². The summed E-state index contributed by atoms with van der Waals surface area (Å²) in [5, 5.41) is 2.34. The van der Waals surface area contributed by atoms with Crippen molar-refractivity contribution in [2.24, 2.45) is 5.92 Å². The van der Waals surface area contributed by atoms with Gasteiger partial charge in [0.1, 0.15) is 5.60 Å². The Morgan fingerprint density at radius 3 is 2.33 bits per heavy atom. The molecule has 18 heavy (non-hydrogen) atoms. The Bertz CT molecular complexity index is 350. The predicted octanol–water partition coefficient (Wildman–Crippen LogP) is 2.51. The smallest absolute Gasteiger partial charge is 0.408 e. The van der Waals surface area contributed by atoms with Crippen LogP contribution in [0.5, 0.6) is 0 Å². The Balaban J connectivity index is 2.34. The van der Waals surface area contributed by atoms with Crippen LogP contribution in [0, 0.1) is 5.92 Å². The van der Waals surface area contributed by atoms with Gasteiger partial charge in [0.25, 0.3) is 5.92 Å². The molecule has 1 amide bonds. The molecule has 1 N–H and O–H groups in total. The van der Waals surface area contributed by atoms with Crippen LogP contribution in [-0.4, -0.2) is 29.4 Å². The monoisotopic (exact) mass is 263 g/mol. The van der Waals surface area contributed by atoms with Crippen molar-refractivity contribution < 1.29 is 23.1 Å². The van der Waals surface area contributed by atoms with Gasteiger partial charge in [0.05, 0.1) is 6.04 Å². The standard InChI is InChI=1S/C12H19F2NO3/c1-7(15-10(17)18-11(2,3)4)9(16)5-8-6-12(8,13)14/h7-8H,5-6H2,1-4H3,(H,15,17)/t7-,8?/m0/s1. The highest BCUT2D eigenvalue weighted by Crippen LogP contribution is 2.50. The van der Waals surface area contributed by atoms with Gasteiger partial charge in [0.15, 0.2) is 5.78 Å². The summed E-state index contributed by atoms with van der Waals surface area (Å²) in [5.74, 6) is -3.97. The second-order valence-corrected chi connectivity index (χ2v) is 5.70. The molecule has 1 saturated carbocycles. The van der Waals surface area contributed by atoms with Crippen molar-refractivity contribution in [2.75, 3.05) is 0 Å². The van der Waals surface area contributed by atoms with Crippen molar-refractivity contribution in [3.63, 3.8) is 0 Å². The predicted molar refractivity (Wildman–Crippen MR) is 61.5 cm³/mol. The maximum absolute atomic E-state index is 12.6. The van der Waals surface area contributed by atoms with E-state index in [1.807, 2.05) is 0 Å². The molecule has 0 aromatic carbocycles. The highest BCUT2D eigenvalue weighted by molar-refractivity contribution is 5.87. The molecule has 0 saturated heterocycles. The molecule has 6 heteroatoms. The first-order valence-corrected chi connectivity index (χ1v) is 5.91. The molecular weight excluding hydrogens is 244 g/mol. The van der Waals surface area contributed by atoms with Gasteiger partial charge in [-0.15, -0.1) is 0 Å². The van der Waals surface area contributed by atoms with E-state index in [9.17, 15) is 18.4 Å². The number of amides is 1. The van der Waals surface area contributed by atoms with Gasteiger partial charge in [0.2, 0.25) is 0 Å².